The van der Waals surface area contributed by atoms with Crippen LogP contribution in [0.3, 0.4) is 0 Å². The minimum Gasteiger partial charge on any atom is -0.486 e. The van der Waals surface area contributed by atoms with E-state index in [1.807, 2.05) is 0 Å². The maximum atomic E-state index is 13.5. The summed E-state index contributed by atoms with van der Waals surface area (Å²) in [5.41, 5.74) is -0.318. The highest BCUT2D eigenvalue weighted by atomic mass is 35.5. The molecule has 2 aromatic carbocycles. The Morgan fingerprint density at radius 1 is 1.24 bits per heavy atom. The largest absolute Gasteiger partial charge is 0.486 e. The maximum absolute atomic E-state index is 13.5. The normalized spacial score (nSPS) is 10.5. The van der Waals surface area contributed by atoms with Gasteiger partial charge in [0, 0.05) is 10.6 Å². The number of carboxylic acid groups (broad SMARTS) is 1. The smallest absolute Gasteiger partial charge is 0.339 e. The van der Waals surface area contributed by atoms with E-state index < -0.39 is 17.6 Å². The average molecular weight is 333 g/mol. The first-order chi connectivity index (χ1) is 9.90. The summed E-state index contributed by atoms with van der Waals surface area (Å²) >= 11 is 11.6. The van der Waals surface area contributed by atoms with Crippen LogP contribution < -0.4 is 4.74 Å². The Labute approximate surface area is 128 Å². The Kier molecular flexibility index (Phi) is 4.65. The first kappa shape index (κ1) is 15.5. The van der Waals surface area contributed by atoms with Gasteiger partial charge < -0.3 is 9.84 Å². The standard InChI is InChI=1S/C14H8Cl2F2O3/c15-8-4-9(14(19)20)13(10(16)5-8)21-6-7-2-1-3-11(17)12(7)18/h1-5H,6H2,(H,19,20). The molecule has 0 fully saturated rings. The number of hydrogen-bond donors (Lipinski definition) is 1. The van der Waals surface area contributed by atoms with Crippen LogP contribution >= 0.6 is 23.2 Å². The summed E-state index contributed by atoms with van der Waals surface area (Å²) in [6, 6.07) is 6.07. The minimum atomic E-state index is -1.30. The molecule has 3 nitrogen and oxygen atoms in total. The van der Waals surface area contributed by atoms with Crippen molar-refractivity contribution < 1.29 is 23.4 Å². The number of halogens is 4. The van der Waals surface area contributed by atoms with Crippen LogP contribution in [0.1, 0.15) is 15.9 Å². The average Bonchev–Trinajstić information content (AvgIpc) is 2.41. The van der Waals surface area contributed by atoms with Gasteiger partial charge in [0.1, 0.15) is 12.2 Å². The zero-order valence-electron chi connectivity index (χ0n) is 10.4. The van der Waals surface area contributed by atoms with Gasteiger partial charge in [-0.25, -0.2) is 13.6 Å². The molecule has 0 aromatic heterocycles. The van der Waals surface area contributed by atoms with E-state index in [1.165, 1.54) is 18.2 Å². The van der Waals surface area contributed by atoms with E-state index in [2.05, 4.69) is 0 Å². The van der Waals surface area contributed by atoms with Crippen LogP contribution in [0, 0.1) is 11.6 Å². The van der Waals surface area contributed by atoms with Gasteiger partial charge in [-0.1, -0.05) is 35.3 Å². The van der Waals surface area contributed by atoms with Crippen LogP contribution in [0.2, 0.25) is 10.0 Å². The molecule has 0 saturated carbocycles. The fourth-order valence-corrected chi connectivity index (χ4v) is 2.22. The summed E-state index contributed by atoms with van der Waals surface area (Å²) in [4.78, 5) is 11.1. The summed E-state index contributed by atoms with van der Waals surface area (Å²) in [6.07, 6.45) is 0. The fraction of sp³-hybridized carbons (Fsp3) is 0.0714. The van der Waals surface area contributed by atoms with E-state index in [4.69, 9.17) is 33.0 Å². The third kappa shape index (κ3) is 3.43. The van der Waals surface area contributed by atoms with Gasteiger partial charge in [-0.3, -0.25) is 0 Å². The van der Waals surface area contributed by atoms with Gasteiger partial charge in [-0.2, -0.15) is 0 Å². The van der Waals surface area contributed by atoms with Crippen LogP contribution in [0.5, 0.6) is 5.75 Å². The Morgan fingerprint density at radius 3 is 2.62 bits per heavy atom. The number of carbonyl (C=O) groups is 1. The molecule has 2 aromatic rings. The van der Waals surface area contributed by atoms with Crippen molar-refractivity contribution in [3.63, 3.8) is 0 Å². The highest BCUT2D eigenvalue weighted by Crippen LogP contribution is 2.33. The molecule has 0 amide bonds. The van der Waals surface area contributed by atoms with Crippen molar-refractivity contribution in [2.45, 2.75) is 6.61 Å². The van der Waals surface area contributed by atoms with Crippen molar-refractivity contribution >= 4 is 29.2 Å². The van der Waals surface area contributed by atoms with Crippen molar-refractivity contribution in [1.82, 2.24) is 0 Å². The molecular formula is C14H8Cl2F2O3. The van der Waals surface area contributed by atoms with Gasteiger partial charge in [0.2, 0.25) is 0 Å². The molecule has 0 radical (unpaired) electrons. The maximum Gasteiger partial charge on any atom is 0.339 e. The lowest BCUT2D eigenvalue weighted by Crippen LogP contribution is -2.06. The number of ether oxygens (including phenoxy) is 1. The van der Waals surface area contributed by atoms with Crippen molar-refractivity contribution in [2.75, 3.05) is 0 Å². The van der Waals surface area contributed by atoms with Gasteiger partial charge in [-0.15, -0.1) is 0 Å². The first-order valence-corrected chi connectivity index (χ1v) is 6.43. The molecule has 0 aliphatic rings. The van der Waals surface area contributed by atoms with Crippen molar-refractivity contribution in [1.29, 1.82) is 0 Å². The lowest BCUT2D eigenvalue weighted by Gasteiger charge is -2.12. The molecule has 0 saturated heterocycles. The minimum absolute atomic E-state index is 0.0308. The van der Waals surface area contributed by atoms with Crippen LogP contribution in [0.25, 0.3) is 0 Å². The molecule has 0 aliphatic heterocycles. The van der Waals surface area contributed by atoms with E-state index in [-0.39, 0.29) is 33.5 Å². The molecule has 2 rings (SSSR count). The summed E-state index contributed by atoms with van der Waals surface area (Å²) in [5.74, 6) is -3.53. The molecule has 1 N–H and O–H groups in total. The third-order valence-electron chi connectivity index (χ3n) is 2.64. The molecule has 0 heterocycles. The van der Waals surface area contributed by atoms with Crippen LogP contribution in [-0.2, 0) is 6.61 Å². The monoisotopic (exact) mass is 332 g/mol. The number of aromatic carboxylic acids is 1. The Morgan fingerprint density at radius 2 is 1.95 bits per heavy atom. The summed E-state index contributed by atoms with van der Waals surface area (Å²) in [5, 5.41) is 9.17. The van der Waals surface area contributed by atoms with Gasteiger partial charge in [0.15, 0.2) is 17.4 Å². The second kappa shape index (κ2) is 6.28. The second-order valence-corrected chi connectivity index (χ2v) is 4.91. The van der Waals surface area contributed by atoms with Crippen molar-refractivity contribution in [3.05, 3.63) is 63.1 Å². The van der Waals surface area contributed by atoms with Crippen LogP contribution in [0.15, 0.2) is 30.3 Å². The number of hydrogen-bond acceptors (Lipinski definition) is 2. The van der Waals surface area contributed by atoms with Crippen molar-refractivity contribution in [2.24, 2.45) is 0 Å². The highest BCUT2D eigenvalue weighted by molar-refractivity contribution is 6.36. The highest BCUT2D eigenvalue weighted by Gasteiger charge is 2.17. The van der Waals surface area contributed by atoms with Crippen LogP contribution in [-0.4, -0.2) is 11.1 Å². The van der Waals surface area contributed by atoms with Crippen LogP contribution in [0.4, 0.5) is 8.78 Å². The third-order valence-corrected chi connectivity index (χ3v) is 3.14. The quantitative estimate of drug-likeness (QED) is 0.893. The Hall–Kier alpha value is -1.85. The van der Waals surface area contributed by atoms with Gasteiger partial charge in [0.05, 0.1) is 5.02 Å². The molecule has 0 unspecified atom stereocenters. The topological polar surface area (TPSA) is 46.5 Å². The molecule has 0 atom stereocenters. The Balaban J connectivity index is 2.32. The lowest BCUT2D eigenvalue weighted by atomic mass is 10.2. The number of rotatable bonds is 4. The molecule has 0 aliphatic carbocycles. The number of benzene rings is 2. The molecular weight excluding hydrogens is 325 g/mol. The van der Waals surface area contributed by atoms with E-state index in [9.17, 15) is 13.6 Å². The summed E-state index contributed by atoms with van der Waals surface area (Å²) in [6.45, 7) is -0.370. The molecule has 110 valence electrons. The van der Waals surface area contributed by atoms with Gasteiger partial charge in [0.25, 0.3) is 0 Å². The summed E-state index contributed by atoms with van der Waals surface area (Å²) < 4.78 is 31.8. The SMILES string of the molecule is O=C(O)c1cc(Cl)cc(Cl)c1OCc1cccc(F)c1F. The molecule has 0 bridgehead atoms. The van der Waals surface area contributed by atoms with Gasteiger partial charge >= 0.3 is 5.97 Å². The van der Waals surface area contributed by atoms with Crippen molar-refractivity contribution in [3.8, 4) is 5.75 Å². The zero-order valence-corrected chi connectivity index (χ0v) is 11.9. The molecule has 0 spiro atoms. The first-order valence-electron chi connectivity index (χ1n) is 5.68. The second-order valence-electron chi connectivity index (χ2n) is 4.07. The predicted octanol–water partition coefficient (Wildman–Crippen LogP) is 4.55. The van der Waals surface area contributed by atoms with E-state index >= 15 is 0 Å². The molecule has 21 heavy (non-hydrogen) atoms. The zero-order chi connectivity index (χ0) is 15.6. The number of carboxylic acids is 1. The van der Waals surface area contributed by atoms with E-state index in [0.717, 1.165) is 12.1 Å². The Bertz CT molecular complexity index is 705. The fourth-order valence-electron chi connectivity index (χ4n) is 1.68. The van der Waals surface area contributed by atoms with E-state index in [0.29, 0.717) is 0 Å². The van der Waals surface area contributed by atoms with E-state index in [1.54, 1.807) is 0 Å². The lowest BCUT2D eigenvalue weighted by molar-refractivity contribution is 0.0691. The summed E-state index contributed by atoms with van der Waals surface area (Å²) in [7, 11) is 0. The molecule has 7 heteroatoms. The predicted molar refractivity (Wildman–Crippen MR) is 74.1 cm³/mol. The van der Waals surface area contributed by atoms with Gasteiger partial charge in [-0.05, 0) is 18.2 Å².